The van der Waals surface area contributed by atoms with Crippen LogP contribution >= 0.6 is 0 Å². The topological polar surface area (TPSA) is 29.9 Å². The third-order valence-electron chi connectivity index (χ3n) is 3.27. The molecule has 3 nitrogen and oxygen atoms in total. The Morgan fingerprint density at radius 3 is 2.78 bits per heavy atom. The Kier molecular flexibility index (Phi) is 4.15. The zero-order valence-corrected chi connectivity index (χ0v) is 11.4. The van der Waals surface area contributed by atoms with Crippen LogP contribution in [0.15, 0.2) is 36.9 Å². The Labute approximate surface area is 109 Å². The van der Waals surface area contributed by atoms with Crippen molar-refractivity contribution in [3.63, 3.8) is 0 Å². The van der Waals surface area contributed by atoms with Crippen molar-refractivity contribution < 1.29 is 0 Å². The fourth-order valence-corrected chi connectivity index (χ4v) is 1.98. The van der Waals surface area contributed by atoms with Crippen LogP contribution in [0.1, 0.15) is 23.6 Å². The second-order valence-electron chi connectivity index (χ2n) is 4.96. The summed E-state index contributed by atoms with van der Waals surface area (Å²) in [6.45, 7) is 8.37. The van der Waals surface area contributed by atoms with Gasteiger partial charge in [0.1, 0.15) is 0 Å². The van der Waals surface area contributed by atoms with Crippen molar-refractivity contribution in [1.29, 1.82) is 0 Å². The van der Waals surface area contributed by atoms with Gasteiger partial charge in [-0.3, -0.25) is 0 Å². The molecule has 1 atom stereocenters. The fourth-order valence-electron chi connectivity index (χ4n) is 1.98. The van der Waals surface area contributed by atoms with Crippen LogP contribution in [0, 0.1) is 13.8 Å². The summed E-state index contributed by atoms with van der Waals surface area (Å²) in [5.74, 6) is 0. The third kappa shape index (κ3) is 3.44. The molecule has 0 amide bonds. The van der Waals surface area contributed by atoms with E-state index >= 15 is 0 Å². The van der Waals surface area contributed by atoms with E-state index in [1.54, 1.807) is 0 Å². The second-order valence-corrected chi connectivity index (χ2v) is 4.96. The lowest BCUT2D eigenvalue weighted by Gasteiger charge is -2.15. The third-order valence-corrected chi connectivity index (χ3v) is 3.27. The zero-order chi connectivity index (χ0) is 13.0. The first-order valence-corrected chi connectivity index (χ1v) is 6.40. The molecule has 96 valence electrons. The number of nitrogens with zero attached hydrogens (tertiary/aromatic N) is 2. The van der Waals surface area contributed by atoms with Gasteiger partial charge < -0.3 is 9.88 Å². The lowest BCUT2D eigenvalue weighted by atomic mass is 10.1. The molecule has 1 N–H and O–H groups in total. The smallest absolute Gasteiger partial charge is 0.0946 e. The summed E-state index contributed by atoms with van der Waals surface area (Å²) in [5, 5.41) is 3.54. The van der Waals surface area contributed by atoms with Crippen molar-refractivity contribution in [3.05, 3.63) is 53.6 Å². The molecule has 0 saturated carbocycles. The molecule has 3 heteroatoms. The van der Waals surface area contributed by atoms with E-state index in [1.165, 1.54) is 16.7 Å². The Bertz CT molecular complexity index is 488. The van der Waals surface area contributed by atoms with Gasteiger partial charge in [0, 0.05) is 31.5 Å². The van der Waals surface area contributed by atoms with Gasteiger partial charge in [-0.25, -0.2) is 4.98 Å². The van der Waals surface area contributed by atoms with Crippen molar-refractivity contribution in [1.82, 2.24) is 14.9 Å². The molecule has 1 unspecified atom stereocenters. The van der Waals surface area contributed by atoms with Crippen molar-refractivity contribution in [3.8, 4) is 0 Å². The number of nitrogens with one attached hydrogen (secondary N) is 1. The van der Waals surface area contributed by atoms with Gasteiger partial charge >= 0.3 is 0 Å². The summed E-state index contributed by atoms with van der Waals surface area (Å²) >= 11 is 0. The lowest BCUT2D eigenvalue weighted by Crippen LogP contribution is -2.29. The summed E-state index contributed by atoms with van der Waals surface area (Å²) in [6, 6.07) is 7.07. The van der Waals surface area contributed by atoms with E-state index in [-0.39, 0.29) is 0 Å². The molecule has 1 aromatic heterocycles. The maximum absolute atomic E-state index is 4.05. The Hall–Kier alpha value is -1.61. The number of aryl methyl sites for hydroxylation is 2. The summed E-state index contributed by atoms with van der Waals surface area (Å²) in [7, 11) is 0. The van der Waals surface area contributed by atoms with Crippen LogP contribution < -0.4 is 5.32 Å². The van der Waals surface area contributed by atoms with E-state index in [0.717, 1.165) is 13.1 Å². The molecule has 0 radical (unpaired) electrons. The minimum Gasteiger partial charge on any atom is -0.336 e. The van der Waals surface area contributed by atoms with E-state index < -0.39 is 0 Å². The predicted molar refractivity (Wildman–Crippen MR) is 74.4 cm³/mol. The first kappa shape index (κ1) is 12.8. The molecule has 0 fully saturated rings. The van der Waals surface area contributed by atoms with Crippen molar-refractivity contribution in [2.75, 3.05) is 0 Å². The molecular formula is C15H21N3. The van der Waals surface area contributed by atoms with Crippen molar-refractivity contribution in [2.45, 2.75) is 39.9 Å². The maximum atomic E-state index is 4.05. The lowest BCUT2D eigenvalue weighted by molar-refractivity contribution is 0.476. The van der Waals surface area contributed by atoms with Gasteiger partial charge in [-0.05, 0) is 37.5 Å². The Morgan fingerprint density at radius 2 is 2.11 bits per heavy atom. The summed E-state index contributed by atoms with van der Waals surface area (Å²) in [6.07, 6.45) is 5.67. The monoisotopic (exact) mass is 243 g/mol. The SMILES string of the molecule is Cc1ccc(CNC(C)Cn2ccnc2)cc1C. The van der Waals surface area contributed by atoms with Crippen LogP contribution in [0.25, 0.3) is 0 Å². The number of hydrogen-bond donors (Lipinski definition) is 1. The standard InChI is InChI=1S/C15H21N3/c1-12-4-5-15(8-13(12)2)9-17-14(3)10-18-7-6-16-11-18/h4-8,11,14,17H,9-10H2,1-3H3. The summed E-state index contributed by atoms with van der Waals surface area (Å²) < 4.78 is 2.10. The highest BCUT2D eigenvalue weighted by molar-refractivity contribution is 5.29. The average Bonchev–Trinajstić information content (AvgIpc) is 2.83. The Balaban J connectivity index is 1.85. The fraction of sp³-hybridized carbons (Fsp3) is 0.400. The van der Waals surface area contributed by atoms with Crippen LogP contribution in [0.3, 0.4) is 0 Å². The van der Waals surface area contributed by atoms with Gasteiger partial charge in [0.05, 0.1) is 6.33 Å². The van der Waals surface area contributed by atoms with Gasteiger partial charge in [0.25, 0.3) is 0 Å². The van der Waals surface area contributed by atoms with Crippen molar-refractivity contribution in [2.24, 2.45) is 0 Å². The average molecular weight is 243 g/mol. The second kappa shape index (κ2) is 5.83. The Morgan fingerprint density at radius 1 is 1.28 bits per heavy atom. The molecule has 0 spiro atoms. The zero-order valence-electron chi connectivity index (χ0n) is 11.4. The normalized spacial score (nSPS) is 12.6. The molecule has 0 aliphatic carbocycles. The first-order chi connectivity index (χ1) is 8.65. The van der Waals surface area contributed by atoms with E-state index in [1.807, 2.05) is 18.7 Å². The minimum absolute atomic E-state index is 0.431. The highest BCUT2D eigenvalue weighted by Gasteiger charge is 2.03. The molecule has 0 saturated heterocycles. The molecule has 1 heterocycles. The number of aromatic nitrogens is 2. The van der Waals surface area contributed by atoms with E-state index in [0.29, 0.717) is 6.04 Å². The number of rotatable bonds is 5. The molecular weight excluding hydrogens is 222 g/mol. The van der Waals surface area contributed by atoms with E-state index in [9.17, 15) is 0 Å². The molecule has 0 bridgehead atoms. The van der Waals surface area contributed by atoms with Gasteiger partial charge in [-0.1, -0.05) is 18.2 Å². The molecule has 2 rings (SSSR count). The van der Waals surface area contributed by atoms with Gasteiger partial charge in [-0.2, -0.15) is 0 Å². The molecule has 0 aliphatic heterocycles. The van der Waals surface area contributed by atoms with E-state index in [2.05, 4.69) is 53.8 Å². The predicted octanol–water partition coefficient (Wildman–Crippen LogP) is 2.68. The van der Waals surface area contributed by atoms with Crippen LogP contribution in [-0.2, 0) is 13.1 Å². The van der Waals surface area contributed by atoms with Crippen LogP contribution in [0.4, 0.5) is 0 Å². The van der Waals surface area contributed by atoms with Crippen LogP contribution in [-0.4, -0.2) is 15.6 Å². The molecule has 2 aromatic rings. The number of imidazole rings is 1. The van der Waals surface area contributed by atoms with Crippen LogP contribution in [0.5, 0.6) is 0 Å². The van der Waals surface area contributed by atoms with Crippen LogP contribution in [0.2, 0.25) is 0 Å². The van der Waals surface area contributed by atoms with Gasteiger partial charge in [0.15, 0.2) is 0 Å². The minimum atomic E-state index is 0.431. The summed E-state index contributed by atoms with van der Waals surface area (Å²) in [4.78, 5) is 4.05. The molecule has 0 aliphatic rings. The van der Waals surface area contributed by atoms with E-state index in [4.69, 9.17) is 0 Å². The van der Waals surface area contributed by atoms with Crippen molar-refractivity contribution >= 4 is 0 Å². The highest BCUT2D eigenvalue weighted by Crippen LogP contribution is 2.09. The molecule has 18 heavy (non-hydrogen) atoms. The number of hydrogen-bond acceptors (Lipinski definition) is 2. The first-order valence-electron chi connectivity index (χ1n) is 6.40. The van der Waals surface area contributed by atoms with Gasteiger partial charge in [-0.15, -0.1) is 0 Å². The largest absolute Gasteiger partial charge is 0.336 e. The highest BCUT2D eigenvalue weighted by atomic mass is 15.1. The molecule has 1 aromatic carbocycles. The number of benzene rings is 1. The van der Waals surface area contributed by atoms with Gasteiger partial charge in [0.2, 0.25) is 0 Å². The quantitative estimate of drug-likeness (QED) is 0.875. The maximum Gasteiger partial charge on any atom is 0.0946 e. The summed E-state index contributed by atoms with van der Waals surface area (Å²) in [5.41, 5.74) is 4.05.